The van der Waals surface area contributed by atoms with Crippen LogP contribution in [0.4, 0.5) is 0 Å². The molecule has 12 nitrogen and oxygen atoms in total. The quantitative estimate of drug-likeness (QED) is 0.201. The molecule has 0 aliphatic rings. The predicted molar refractivity (Wildman–Crippen MR) is 98.1 cm³/mol. The van der Waals surface area contributed by atoms with Gasteiger partial charge in [-0.25, -0.2) is 4.98 Å². The van der Waals surface area contributed by atoms with Crippen LogP contribution in [0, 0.1) is 0 Å². The van der Waals surface area contributed by atoms with Gasteiger partial charge in [0.1, 0.15) is 11.4 Å². The van der Waals surface area contributed by atoms with E-state index in [9.17, 15) is 16.8 Å². The molecule has 0 saturated carbocycles. The number of aromatic nitrogens is 4. The SMILES string of the molecule is O=S(=O)(O)c1ccc(-c2nnc(-c3ccccn3)nc2-c2ccc(S(=O)(=O)O)o2)o1.[Na+].[Na+]. The molecule has 2 N–H and O–H groups in total. The largest absolute Gasteiger partial charge is 1.00 e. The van der Waals surface area contributed by atoms with Crippen LogP contribution in [0.1, 0.15) is 0 Å². The fraction of sp³-hybridized carbons (Fsp3) is 0. The Kier molecular flexibility index (Phi) is 8.55. The van der Waals surface area contributed by atoms with Crippen molar-refractivity contribution in [2.45, 2.75) is 10.2 Å². The van der Waals surface area contributed by atoms with Crippen molar-refractivity contribution < 1.29 is 93.9 Å². The molecule has 0 fully saturated rings. The van der Waals surface area contributed by atoms with E-state index in [-0.39, 0.29) is 87.8 Å². The van der Waals surface area contributed by atoms with Crippen LogP contribution in [0.3, 0.4) is 0 Å². The fourth-order valence-electron chi connectivity index (χ4n) is 2.44. The van der Waals surface area contributed by atoms with E-state index in [1.165, 1.54) is 18.3 Å². The van der Waals surface area contributed by atoms with Crippen molar-refractivity contribution in [3.05, 3.63) is 48.7 Å². The minimum absolute atomic E-state index is 0. The van der Waals surface area contributed by atoms with Crippen LogP contribution in [0.5, 0.6) is 0 Å². The van der Waals surface area contributed by atoms with Crippen LogP contribution in [0.2, 0.25) is 0 Å². The summed E-state index contributed by atoms with van der Waals surface area (Å²) in [7, 11) is -9.24. The van der Waals surface area contributed by atoms with Gasteiger partial charge in [0.25, 0.3) is 0 Å². The van der Waals surface area contributed by atoms with Crippen molar-refractivity contribution in [1.29, 1.82) is 0 Å². The number of nitrogens with zero attached hydrogens (tertiary/aromatic N) is 4. The molecule has 0 unspecified atom stereocenters. The molecule has 4 aromatic rings. The molecule has 0 bridgehead atoms. The van der Waals surface area contributed by atoms with Gasteiger partial charge in [0.2, 0.25) is 16.0 Å². The van der Waals surface area contributed by atoms with E-state index in [4.69, 9.17) is 17.9 Å². The maximum absolute atomic E-state index is 11.3. The summed E-state index contributed by atoms with van der Waals surface area (Å²) in [5.74, 6) is -0.217. The minimum Gasteiger partial charge on any atom is -0.441 e. The maximum atomic E-state index is 11.3. The van der Waals surface area contributed by atoms with Gasteiger partial charge in [-0.15, -0.1) is 10.2 Å². The molecule has 0 radical (unpaired) electrons. The minimum atomic E-state index is -4.62. The number of furan rings is 2. The molecule has 4 aromatic heterocycles. The Labute approximate surface area is 225 Å². The van der Waals surface area contributed by atoms with Gasteiger partial charge >= 0.3 is 79.4 Å². The van der Waals surface area contributed by atoms with Gasteiger partial charge in [-0.3, -0.25) is 14.1 Å². The first-order valence-electron chi connectivity index (χ1n) is 7.94. The van der Waals surface area contributed by atoms with Crippen molar-refractivity contribution in [3.8, 4) is 34.4 Å². The summed E-state index contributed by atoms with van der Waals surface area (Å²) in [5, 5.41) is 6.43. The Morgan fingerprint density at radius 3 is 1.75 bits per heavy atom. The molecule has 0 amide bonds. The van der Waals surface area contributed by atoms with Gasteiger partial charge in [-0.05, 0) is 36.4 Å². The second kappa shape index (κ2) is 10.2. The van der Waals surface area contributed by atoms with Gasteiger partial charge in [0.15, 0.2) is 17.2 Å². The second-order valence-electron chi connectivity index (χ2n) is 5.74. The maximum Gasteiger partial charge on any atom is 1.00 e. The van der Waals surface area contributed by atoms with E-state index >= 15 is 0 Å². The van der Waals surface area contributed by atoms with Gasteiger partial charge in [-0.1, -0.05) is 6.07 Å². The zero-order valence-electron chi connectivity index (χ0n) is 16.6. The third-order valence-corrected chi connectivity index (χ3v) is 5.17. The third-order valence-electron chi connectivity index (χ3n) is 3.72. The molecule has 0 aliphatic carbocycles. The van der Waals surface area contributed by atoms with Crippen LogP contribution in [0.15, 0.2) is 67.7 Å². The Morgan fingerprint density at radius 2 is 1.28 bits per heavy atom. The molecule has 154 valence electrons. The monoisotopic (exact) mass is 496 g/mol. The first-order chi connectivity index (χ1) is 14.1. The van der Waals surface area contributed by atoms with Crippen molar-refractivity contribution in [1.82, 2.24) is 20.2 Å². The van der Waals surface area contributed by atoms with Gasteiger partial charge in [-0.2, -0.15) is 16.8 Å². The summed E-state index contributed by atoms with van der Waals surface area (Å²) in [6.45, 7) is 0. The zero-order chi connectivity index (χ0) is 21.5. The van der Waals surface area contributed by atoms with Gasteiger partial charge in [0, 0.05) is 6.20 Å². The Balaban J connectivity index is 0.00000181. The molecule has 0 atom stereocenters. The molecule has 0 saturated heterocycles. The Morgan fingerprint density at radius 1 is 0.719 bits per heavy atom. The number of pyridine rings is 1. The number of rotatable bonds is 5. The van der Waals surface area contributed by atoms with Gasteiger partial charge < -0.3 is 8.83 Å². The second-order valence-corrected chi connectivity index (χ2v) is 8.44. The molecular formula is C16H10N4Na2O8S2+2. The van der Waals surface area contributed by atoms with E-state index in [2.05, 4.69) is 20.2 Å². The molecule has 0 aromatic carbocycles. The van der Waals surface area contributed by atoms with Crippen molar-refractivity contribution in [3.63, 3.8) is 0 Å². The van der Waals surface area contributed by atoms with Crippen LogP contribution in [-0.4, -0.2) is 46.1 Å². The fourth-order valence-corrected chi connectivity index (χ4v) is 3.31. The van der Waals surface area contributed by atoms with Crippen molar-refractivity contribution in [2.24, 2.45) is 0 Å². The summed E-state index contributed by atoms with van der Waals surface area (Å²) >= 11 is 0. The first-order valence-corrected chi connectivity index (χ1v) is 10.8. The van der Waals surface area contributed by atoms with E-state index in [1.807, 2.05) is 0 Å². The average Bonchev–Trinajstić information content (AvgIpc) is 3.37. The molecule has 0 aliphatic heterocycles. The normalized spacial score (nSPS) is 11.4. The van der Waals surface area contributed by atoms with E-state index in [1.54, 1.807) is 18.2 Å². The first kappa shape index (κ1) is 26.8. The van der Waals surface area contributed by atoms with Gasteiger partial charge in [0.05, 0.1) is 0 Å². The summed E-state index contributed by atoms with van der Waals surface area (Å²) < 4.78 is 73.8. The topological polar surface area (TPSA) is 187 Å². The number of hydrogen-bond donors (Lipinski definition) is 2. The van der Waals surface area contributed by atoms with Crippen LogP contribution in [0.25, 0.3) is 34.4 Å². The summed E-state index contributed by atoms with van der Waals surface area (Å²) in [6.07, 6.45) is 1.50. The molecule has 0 spiro atoms. The molecule has 4 heterocycles. The number of hydrogen-bond acceptors (Lipinski definition) is 10. The third kappa shape index (κ3) is 5.72. The van der Waals surface area contributed by atoms with Crippen molar-refractivity contribution >= 4 is 20.2 Å². The van der Waals surface area contributed by atoms with Crippen LogP contribution in [-0.2, 0) is 20.2 Å². The average molecular weight is 496 g/mol. The van der Waals surface area contributed by atoms with Crippen LogP contribution < -0.4 is 59.1 Å². The Bertz CT molecular complexity index is 1450. The van der Waals surface area contributed by atoms with E-state index < -0.39 is 30.4 Å². The summed E-state index contributed by atoms with van der Waals surface area (Å²) in [5.41, 5.74) is 0.162. The van der Waals surface area contributed by atoms with Crippen LogP contribution >= 0.6 is 0 Å². The molecule has 16 heteroatoms. The van der Waals surface area contributed by atoms with E-state index in [0.29, 0.717) is 5.69 Å². The zero-order valence-corrected chi connectivity index (χ0v) is 22.2. The van der Waals surface area contributed by atoms with Crippen molar-refractivity contribution in [2.75, 3.05) is 0 Å². The molecular weight excluding hydrogens is 486 g/mol. The standard InChI is InChI=1S/C16H10N4O8S2.2Na/c21-29(22,23)12-6-4-10(27-12)14-15(11-5-7-13(28-11)30(24,25)26)19-20-16(18-14)9-3-1-2-8-17-9;;/h1-8H,(H,21,22,23)(H,24,25,26);;/q;2*+1. The molecule has 32 heavy (non-hydrogen) atoms. The summed E-state index contributed by atoms with van der Waals surface area (Å²) in [6, 6.07) is 9.38. The summed E-state index contributed by atoms with van der Waals surface area (Å²) in [4.78, 5) is 8.38. The smallest absolute Gasteiger partial charge is 0.441 e. The van der Waals surface area contributed by atoms with E-state index in [0.717, 1.165) is 12.1 Å². The predicted octanol–water partition coefficient (Wildman–Crippen LogP) is -4.04. The Hall–Kier alpha value is -1.46. The molecule has 4 rings (SSSR count).